The lowest BCUT2D eigenvalue weighted by atomic mass is 11.0. The number of hydrogen-bond donors (Lipinski definition) is 1. The molecule has 0 aliphatic rings. The highest BCUT2D eigenvalue weighted by atomic mass is 127. The zero-order chi connectivity index (χ0) is 5.11. The van der Waals surface area contributed by atoms with E-state index in [1.165, 1.54) is 11.3 Å². The van der Waals surface area contributed by atoms with Crippen molar-refractivity contribution in [2.24, 2.45) is 0 Å². The third kappa shape index (κ3) is 1.27. The summed E-state index contributed by atoms with van der Waals surface area (Å²) in [6.45, 7) is 0. The van der Waals surface area contributed by atoms with E-state index in [2.05, 4.69) is 14.7 Å². The van der Waals surface area contributed by atoms with Crippen molar-refractivity contribution in [3.8, 4) is 0 Å². The van der Waals surface area contributed by atoms with Gasteiger partial charge in [0.1, 0.15) is 6.20 Å². The van der Waals surface area contributed by atoms with Gasteiger partial charge in [-0.2, -0.15) is 0 Å². The minimum atomic E-state index is 0.903. The van der Waals surface area contributed by atoms with Gasteiger partial charge in [0.15, 0.2) is 5.13 Å². The highest BCUT2D eigenvalue weighted by Gasteiger charge is 1.84. The van der Waals surface area contributed by atoms with E-state index in [1.807, 2.05) is 22.9 Å². The van der Waals surface area contributed by atoms with Crippen LogP contribution in [0.4, 0.5) is 5.13 Å². The molecule has 0 aliphatic heterocycles. The first-order chi connectivity index (χ1) is 3.43. The maximum Gasteiger partial charge on any atom is 0.192 e. The van der Waals surface area contributed by atoms with Crippen LogP contribution in [0.2, 0.25) is 0 Å². The zero-order valence-electron chi connectivity index (χ0n) is 3.31. The molecular weight excluding hydrogens is 223 g/mol. The van der Waals surface area contributed by atoms with E-state index < -0.39 is 0 Å². The van der Waals surface area contributed by atoms with Gasteiger partial charge in [-0.15, -0.1) is 11.3 Å². The Bertz CT molecular complexity index is 127. The van der Waals surface area contributed by atoms with Crippen molar-refractivity contribution in [2.45, 2.75) is 0 Å². The van der Waals surface area contributed by atoms with Gasteiger partial charge in [0.25, 0.3) is 0 Å². The van der Waals surface area contributed by atoms with Gasteiger partial charge in [0.2, 0.25) is 0 Å². The minimum absolute atomic E-state index is 0.903. The molecule has 0 saturated heterocycles. The molecule has 0 spiro atoms. The van der Waals surface area contributed by atoms with E-state index in [1.54, 1.807) is 5.38 Å². The Morgan fingerprint density at radius 3 is 3.14 bits per heavy atom. The molecule has 1 radical (unpaired) electrons. The summed E-state index contributed by atoms with van der Waals surface area (Å²) in [5.41, 5.74) is 0. The van der Waals surface area contributed by atoms with E-state index >= 15 is 0 Å². The molecule has 7 heavy (non-hydrogen) atoms. The molecule has 1 aromatic rings. The maximum absolute atomic E-state index is 3.81. The largest absolute Gasteiger partial charge is 0.304 e. The summed E-state index contributed by atoms with van der Waals surface area (Å²) in [5.74, 6) is 0. The van der Waals surface area contributed by atoms with Crippen molar-refractivity contribution < 1.29 is 0 Å². The molecule has 1 aromatic heterocycles. The Balaban J connectivity index is 2.76. The standard InChI is InChI=1S/C3H2IN2S/c4-6-3-5-1-2-7-3/h2H,(H,5,6). The highest BCUT2D eigenvalue weighted by Crippen LogP contribution is 2.10. The van der Waals surface area contributed by atoms with Crippen molar-refractivity contribution in [3.63, 3.8) is 0 Å². The van der Waals surface area contributed by atoms with Crippen LogP contribution in [0.25, 0.3) is 0 Å². The van der Waals surface area contributed by atoms with Crippen LogP contribution in [0, 0.1) is 6.20 Å². The fourth-order valence-electron chi connectivity index (χ4n) is 0.237. The first-order valence-corrected chi connectivity index (χ1v) is 3.57. The van der Waals surface area contributed by atoms with Gasteiger partial charge in [-0.25, -0.2) is 4.98 Å². The maximum atomic E-state index is 3.81. The van der Waals surface area contributed by atoms with E-state index in [-0.39, 0.29) is 0 Å². The van der Waals surface area contributed by atoms with E-state index in [4.69, 9.17) is 0 Å². The summed E-state index contributed by atoms with van der Waals surface area (Å²) in [4.78, 5) is 3.81. The zero-order valence-corrected chi connectivity index (χ0v) is 6.28. The second-order valence-electron chi connectivity index (χ2n) is 0.876. The molecule has 2 nitrogen and oxygen atoms in total. The lowest BCUT2D eigenvalue weighted by Gasteiger charge is -1.80. The van der Waals surface area contributed by atoms with Crippen LogP contribution in [-0.2, 0) is 0 Å². The Morgan fingerprint density at radius 1 is 2.00 bits per heavy atom. The predicted octanol–water partition coefficient (Wildman–Crippen LogP) is 1.71. The first kappa shape index (κ1) is 5.30. The molecule has 1 rings (SSSR count). The Kier molecular flexibility index (Phi) is 1.86. The molecule has 4 heteroatoms. The number of aromatic nitrogens is 1. The third-order valence-corrected chi connectivity index (χ3v) is 1.99. The van der Waals surface area contributed by atoms with Gasteiger partial charge in [-0.1, -0.05) is 0 Å². The molecule has 0 amide bonds. The Hall–Kier alpha value is 0.160. The van der Waals surface area contributed by atoms with Crippen molar-refractivity contribution in [1.82, 2.24) is 4.98 Å². The molecule has 0 saturated carbocycles. The number of nitrogens with one attached hydrogen (secondary N) is 1. The number of rotatable bonds is 1. The van der Waals surface area contributed by atoms with Gasteiger partial charge in [0, 0.05) is 5.38 Å². The number of halogens is 1. The molecule has 0 unspecified atom stereocenters. The summed E-state index contributed by atoms with van der Waals surface area (Å²) >= 11 is 3.57. The summed E-state index contributed by atoms with van der Waals surface area (Å²) in [7, 11) is 0. The predicted molar refractivity (Wildman–Crippen MR) is 38.6 cm³/mol. The van der Waals surface area contributed by atoms with E-state index in [9.17, 15) is 0 Å². The van der Waals surface area contributed by atoms with Crippen molar-refractivity contribution >= 4 is 39.3 Å². The summed E-state index contributed by atoms with van der Waals surface area (Å²) < 4.78 is 2.85. The first-order valence-electron chi connectivity index (χ1n) is 1.61. The lowest BCUT2D eigenvalue weighted by Crippen LogP contribution is -1.71. The molecule has 0 aliphatic carbocycles. The van der Waals surface area contributed by atoms with Gasteiger partial charge in [-0.05, 0) is 0 Å². The molecule has 1 N–H and O–H groups in total. The van der Waals surface area contributed by atoms with Gasteiger partial charge in [0.05, 0.1) is 22.9 Å². The van der Waals surface area contributed by atoms with Crippen LogP contribution in [0.3, 0.4) is 0 Å². The SMILES string of the molecule is INc1n[c]cs1. The van der Waals surface area contributed by atoms with Crippen LogP contribution in [0.15, 0.2) is 5.38 Å². The van der Waals surface area contributed by atoms with Crippen LogP contribution in [0.5, 0.6) is 0 Å². The molecule has 0 bridgehead atoms. The number of hydrogen-bond acceptors (Lipinski definition) is 3. The third-order valence-electron chi connectivity index (χ3n) is 0.470. The number of nitrogens with zero attached hydrogens (tertiary/aromatic N) is 1. The fourth-order valence-corrected chi connectivity index (χ4v) is 1.11. The second kappa shape index (κ2) is 2.46. The topological polar surface area (TPSA) is 24.9 Å². The van der Waals surface area contributed by atoms with Crippen LogP contribution >= 0.6 is 34.2 Å². The van der Waals surface area contributed by atoms with Crippen LogP contribution in [-0.4, -0.2) is 4.98 Å². The van der Waals surface area contributed by atoms with E-state index in [0.29, 0.717) is 0 Å². The monoisotopic (exact) mass is 225 g/mol. The minimum Gasteiger partial charge on any atom is -0.304 e. The van der Waals surface area contributed by atoms with Crippen molar-refractivity contribution in [3.05, 3.63) is 11.6 Å². The summed E-state index contributed by atoms with van der Waals surface area (Å²) in [5, 5.41) is 2.71. The van der Waals surface area contributed by atoms with Crippen molar-refractivity contribution in [2.75, 3.05) is 3.53 Å². The fraction of sp³-hybridized carbons (Fsp3) is 0. The van der Waals surface area contributed by atoms with Gasteiger partial charge in [-0.3, -0.25) is 0 Å². The van der Waals surface area contributed by atoms with Crippen LogP contribution < -0.4 is 3.53 Å². The molecule has 1 heterocycles. The highest BCUT2D eigenvalue weighted by molar-refractivity contribution is 14.1. The average molecular weight is 225 g/mol. The number of thiazole rings is 1. The Morgan fingerprint density at radius 2 is 2.86 bits per heavy atom. The molecular formula is C3H2IN2S. The summed E-state index contributed by atoms with van der Waals surface area (Å²) in [6.07, 6.45) is 2.68. The molecule has 0 fully saturated rings. The number of anilines is 1. The molecule has 0 aromatic carbocycles. The lowest BCUT2D eigenvalue weighted by molar-refractivity contribution is 1.41. The normalized spacial score (nSPS) is 8.71. The molecule has 0 atom stereocenters. The van der Waals surface area contributed by atoms with Gasteiger partial charge < -0.3 is 3.53 Å². The smallest absolute Gasteiger partial charge is 0.192 e. The van der Waals surface area contributed by atoms with Gasteiger partial charge >= 0.3 is 0 Å². The second-order valence-corrected chi connectivity index (χ2v) is 2.27. The van der Waals surface area contributed by atoms with Crippen molar-refractivity contribution in [1.29, 1.82) is 0 Å². The Labute approximate surface area is 59.5 Å². The summed E-state index contributed by atoms with van der Waals surface area (Å²) in [6, 6.07) is 0. The van der Waals surface area contributed by atoms with Crippen LogP contribution in [0.1, 0.15) is 0 Å². The molecule has 37 valence electrons. The van der Waals surface area contributed by atoms with E-state index in [0.717, 1.165) is 5.13 Å². The average Bonchev–Trinajstić information content (AvgIpc) is 2.14. The quantitative estimate of drug-likeness (QED) is 0.581.